The number of carbonyl (C=O) groups excluding carboxylic acids is 4. The number of methoxy groups -OCH3 is 2. The number of ether oxygens (including phenoxy) is 2. The first-order chi connectivity index (χ1) is 23.6. The third kappa shape index (κ3) is 6.04. The summed E-state index contributed by atoms with van der Waals surface area (Å²) >= 11 is 0. The van der Waals surface area contributed by atoms with E-state index < -0.39 is 33.7 Å². The van der Waals surface area contributed by atoms with Crippen LogP contribution in [0.4, 0.5) is 5.69 Å². The van der Waals surface area contributed by atoms with Crippen LogP contribution in [0.3, 0.4) is 0 Å². The SMILES string of the molecule is COc1ccc(N(C(=O)c2c3ccccc3[n+](C)c3ccccc23)S(=O)(=O)c2ccccc2CCC(=O)ON2C(=O)CCC2=O)c(OC)c1. The molecule has 250 valence electrons. The molecule has 13 heteroatoms. The number of fused-ring (bicyclic) bond motifs is 2. The molecule has 1 saturated heterocycles. The summed E-state index contributed by atoms with van der Waals surface area (Å²) in [5, 5.41) is 1.50. The second-order valence-corrected chi connectivity index (χ2v) is 13.0. The average molecular weight is 683 g/mol. The molecule has 0 aliphatic carbocycles. The molecule has 12 nitrogen and oxygen atoms in total. The Balaban J connectivity index is 1.50. The first kappa shape index (κ1) is 33.1. The highest BCUT2D eigenvalue weighted by Crippen LogP contribution is 2.39. The summed E-state index contributed by atoms with van der Waals surface area (Å²) < 4.78 is 43.5. The highest BCUT2D eigenvalue weighted by molar-refractivity contribution is 7.93. The van der Waals surface area contributed by atoms with Gasteiger partial charge in [-0.05, 0) is 42.3 Å². The van der Waals surface area contributed by atoms with Crippen LogP contribution in [0.2, 0.25) is 0 Å². The topological polar surface area (TPSA) is 140 Å². The Morgan fingerprint density at radius 2 is 1.41 bits per heavy atom. The van der Waals surface area contributed by atoms with E-state index in [1.807, 2.05) is 35.9 Å². The molecule has 4 aromatic carbocycles. The third-order valence-corrected chi connectivity index (χ3v) is 10.2. The first-order valence-corrected chi connectivity index (χ1v) is 16.8. The normalized spacial score (nSPS) is 13.2. The fourth-order valence-corrected chi connectivity index (χ4v) is 7.63. The molecule has 1 aliphatic rings. The molecule has 0 bridgehead atoms. The van der Waals surface area contributed by atoms with Gasteiger partial charge in [0.25, 0.3) is 27.7 Å². The number of rotatable bonds is 10. The predicted octanol–water partition coefficient (Wildman–Crippen LogP) is 4.41. The van der Waals surface area contributed by atoms with Crippen LogP contribution in [0.5, 0.6) is 11.5 Å². The smallest absolute Gasteiger partial charge is 0.333 e. The van der Waals surface area contributed by atoms with Gasteiger partial charge in [-0.3, -0.25) is 14.4 Å². The fourth-order valence-electron chi connectivity index (χ4n) is 5.97. The number of benzene rings is 4. The minimum Gasteiger partial charge on any atom is -0.497 e. The quantitative estimate of drug-likeness (QED) is 0.119. The summed E-state index contributed by atoms with van der Waals surface area (Å²) in [5.41, 5.74) is 1.72. The van der Waals surface area contributed by atoms with Crippen molar-refractivity contribution in [3.63, 3.8) is 0 Å². The molecule has 0 atom stereocenters. The van der Waals surface area contributed by atoms with E-state index in [1.165, 1.54) is 50.6 Å². The molecular weight excluding hydrogens is 650 g/mol. The van der Waals surface area contributed by atoms with Gasteiger partial charge < -0.3 is 14.3 Å². The van der Waals surface area contributed by atoms with Gasteiger partial charge in [0.2, 0.25) is 11.0 Å². The van der Waals surface area contributed by atoms with Crippen LogP contribution in [-0.4, -0.2) is 51.4 Å². The first-order valence-electron chi connectivity index (χ1n) is 15.3. The molecule has 5 aromatic rings. The minimum atomic E-state index is -4.73. The number of anilines is 1. The number of aromatic nitrogens is 1. The Labute approximate surface area is 282 Å². The summed E-state index contributed by atoms with van der Waals surface area (Å²) in [7, 11) is -0.0535. The van der Waals surface area contributed by atoms with Crippen molar-refractivity contribution in [3.8, 4) is 11.5 Å². The molecule has 0 radical (unpaired) electrons. The molecular formula is C36H32N3O9S+. The Morgan fingerprint density at radius 3 is 2.02 bits per heavy atom. The van der Waals surface area contributed by atoms with E-state index >= 15 is 4.79 Å². The van der Waals surface area contributed by atoms with Gasteiger partial charge in [-0.1, -0.05) is 42.5 Å². The van der Waals surface area contributed by atoms with Crippen LogP contribution < -0.4 is 18.3 Å². The van der Waals surface area contributed by atoms with E-state index in [4.69, 9.17) is 14.3 Å². The minimum absolute atomic E-state index is 0.0594. The van der Waals surface area contributed by atoms with Crippen LogP contribution in [0.15, 0.2) is 95.9 Å². The van der Waals surface area contributed by atoms with Crippen molar-refractivity contribution in [2.45, 2.75) is 30.6 Å². The number of amides is 3. The number of pyridine rings is 1. The molecule has 0 saturated carbocycles. The second-order valence-electron chi connectivity index (χ2n) is 11.2. The molecule has 1 aromatic heterocycles. The molecule has 3 amide bonds. The Morgan fingerprint density at radius 1 is 0.816 bits per heavy atom. The summed E-state index contributed by atoms with van der Waals surface area (Å²) in [4.78, 5) is 56.4. The van der Waals surface area contributed by atoms with Gasteiger partial charge in [-0.25, -0.2) is 13.2 Å². The van der Waals surface area contributed by atoms with Gasteiger partial charge in [0.1, 0.15) is 24.2 Å². The number of para-hydroxylation sites is 2. The zero-order valence-electron chi connectivity index (χ0n) is 26.9. The van der Waals surface area contributed by atoms with Gasteiger partial charge in [-0.2, -0.15) is 8.87 Å². The van der Waals surface area contributed by atoms with Crippen molar-refractivity contribution in [2.75, 3.05) is 18.5 Å². The number of carbonyl (C=O) groups is 4. The lowest BCUT2D eigenvalue weighted by molar-refractivity contribution is -0.617. The van der Waals surface area contributed by atoms with Crippen molar-refractivity contribution in [3.05, 3.63) is 102 Å². The van der Waals surface area contributed by atoms with Gasteiger partial charge in [-0.15, -0.1) is 5.06 Å². The molecule has 1 fully saturated rings. The number of hydrogen-bond donors (Lipinski definition) is 0. The number of imide groups is 1. The van der Waals surface area contributed by atoms with Crippen LogP contribution in [-0.2, 0) is 42.7 Å². The van der Waals surface area contributed by atoms with Crippen molar-refractivity contribution < 1.29 is 46.5 Å². The second kappa shape index (κ2) is 13.4. The van der Waals surface area contributed by atoms with Gasteiger partial charge in [0.15, 0.2) is 0 Å². The van der Waals surface area contributed by atoms with Crippen LogP contribution in [0.25, 0.3) is 21.8 Å². The van der Waals surface area contributed by atoms with Crippen molar-refractivity contribution in [2.24, 2.45) is 7.05 Å². The summed E-state index contributed by atoms with van der Waals surface area (Å²) in [6, 6.07) is 24.9. The van der Waals surface area contributed by atoms with E-state index in [-0.39, 0.29) is 53.1 Å². The molecule has 0 spiro atoms. The molecule has 1 aliphatic heterocycles. The third-order valence-electron chi connectivity index (χ3n) is 8.36. The van der Waals surface area contributed by atoms with Crippen molar-refractivity contribution >= 4 is 61.2 Å². The highest BCUT2D eigenvalue weighted by Gasteiger charge is 2.38. The standard InChI is InChI=1S/C36H32N3O9S/c1-37-27-13-7-5-11-25(27)35(26-12-6-8-14-28(26)37)36(43)39(29-18-17-24(46-2)22-30(29)47-3)49(44,45)31-15-9-4-10-23(31)16-21-34(42)48-38-32(40)19-20-33(38)41/h4-15,17-18,22H,16,19-21H2,1-3H3/q+1. The number of aryl methyl sites for hydroxylation is 2. The molecule has 0 N–H and O–H groups in total. The van der Waals surface area contributed by atoms with Crippen molar-refractivity contribution in [1.82, 2.24) is 5.06 Å². The molecule has 6 rings (SSSR count). The number of hydrogen-bond acceptors (Lipinski definition) is 9. The van der Waals surface area contributed by atoms with E-state index in [9.17, 15) is 22.8 Å². The Hall–Kier alpha value is -5.82. The van der Waals surface area contributed by atoms with E-state index in [0.717, 1.165) is 4.31 Å². The van der Waals surface area contributed by atoms with Crippen LogP contribution in [0, 0.1) is 0 Å². The lowest BCUT2D eigenvalue weighted by Crippen LogP contribution is -2.39. The van der Waals surface area contributed by atoms with Crippen LogP contribution >= 0.6 is 0 Å². The van der Waals surface area contributed by atoms with Crippen molar-refractivity contribution in [1.29, 1.82) is 0 Å². The largest absolute Gasteiger partial charge is 0.497 e. The van der Waals surface area contributed by atoms with Gasteiger partial charge in [0, 0.05) is 31.0 Å². The number of hydroxylamine groups is 2. The van der Waals surface area contributed by atoms with Gasteiger partial charge in [0.05, 0.1) is 41.9 Å². The zero-order valence-corrected chi connectivity index (χ0v) is 27.7. The number of nitrogens with zero attached hydrogens (tertiary/aromatic N) is 3. The van der Waals surface area contributed by atoms with Crippen LogP contribution in [0.1, 0.15) is 35.2 Å². The molecule has 2 heterocycles. The summed E-state index contributed by atoms with van der Waals surface area (Å²) in [5.74, 6) is -2.54. The molecule has 0 unspecified atom stereocenters. The highest BCUT2D eigenvalue weighted by atomic mass is 32.2. The lowest BCUT2D eigenvalue weighted by atomic mass is 10.0. The molecule has 49 heavy (non-hydrogen) atoms. The van der Waals surface area contributed by atoms with E-state index in [0.29, 0.717) is 32.6 Å². The maximum Gasteiger partial charge on any atom is 0.333 e. The predicted molar refractivity (Wildman–Crippen MR) is 178 cm³/mol. The lowest BCUT2D eigenvalue weighted by Gasteiger charge is -2.26. The Bertz CT molecular complexity index is 2200. The van der Waals surface area contributed by atoms with Gasteiger partial charge >= 0.3 is 5.97 Å². The van der Waals surface area contributed by atoms with E-state index in [1.54, 1.807) is 30.3 Å². The number of sulfonamides is 1. The maximum absolute atomic E-state index is 15.1. The van der Waals surface area contributed by atoms with E-state index in [2.05, 4.69) is 0 Å². The monoisotopic (exact) mass is 682 g/mol. The zero-order chi connectivity index (χ0) is 34.9. The summed E-state index contributed by atoms with van der Waals surface area (Å²) in [6.45, 7) is 0. The summed E-state index contributed by atoms with van der Waals surface area (Å²) in [6.07, 6.45) is -0.612. The maximum atomic E-state index is 15.1. The fraction of sp³-hybridized carbons (Fsp3) is 0.194. The Kier molecular flexibility index (Phi) is 9.02. The average Bonchev–Trinajstić information content (AvgIpc) is 3.43.